The number of fused-ring (bicyclic) bond motifs is 3. The average molecular weight is 327 g/mol. The van der Waals surface area contributed by atoms with Gasteiger partial charge in [-0.3, -0.25) is 19.3 Å². The highest BCUT2D eigenvalue weighted by atomic mass is 32.1. The summed E-state index contributed by atoms with van der Waals surface area (Å²) in [5.41, 5.74) is 2.77. The number of nitro benzene ring substituents is 1. The fraction of sp³-hybridized carbons (Fsp3) is 0.250. The molecule has 0 radical (unpaired) electrons. The van der Waals surface area contributed by atoms with Crippen molar-refractivity contribution in [2.75, 3.05) is 0 Å². The summed E-state index contributed by atoms with van der Waals surface area (Å²) in [6, 6.07) is 6.26. The van der Waals surface area contributed by atoms with Crippen molar-refractivity contribution in [1.82, 2.24) is 9.38 Å². The van der Waals surface area contributed by atoms with Gasteiger partial charge in [-0.1, -0.05) is 12.1 Å². The fourth-order valence-electron chi connectivity index (χ4n) is 3.15. The number of aldehydes is 1. The van der Waals surface area contributed by atoms with Gasteiger partial charge in [0, 0.05) is 28.3 Å². The lowest BCUT2D eigenvalue weighted by Gasteiger charge is -2.11. The van der Waals surface area contributed by atoms with E-state index in [4.69, 9.17) is 0 Å². The molecule has 0 aliphatic heterocycles. The molecule has 0 saturated carbocycles. The van der Waals surface area contributed by atoms with Gasteiger partial charge in [0.25, 0.3) is 5.69 Å². The van der Waals surface area contributed by atoms with Crippen LogP contribution in [0.2, 0.25) is 0 Å². The van der Waals surface area contributed by atoms with E-state index in [1.807, 2.05) is 4.40 Å². The van der Waals surface area contributed by atoms with E-state index in [-0.39, 0.29) is 5.69 Å². The number of rotatable bonds is 3. The second-order valence-electron chi connectivity index (χ2n) is 5.57. The molecule has 0 fully saturated rings. The third kappa shape index (κ3) is 2.16. The van der Waals surface area contributed by atoms with Crippen molar-refractivity contribution in [3.05, 3.63) is 50.6 Å². The number of carbonyl (C=O) groups is 1. The smallest absolute Gasteiger partial charge is 0.270 e. The Labute approximate surface area is 135 Å². The highest BCUT2D eigenvalue weighted by Gasteiger charge is 2.23. The molecule has 116 valence electrons. The fourth-order valence-corrected chi connectivity index (χ4v) is 4.36. The highest BCUT2D eigenvalue weighted by Crippen LogP contribution is 2.35. The Morgan fingerprint density at radius 3 is 2.91 bits per heavy atom. The summed E-state index contributed by atoms with van der Waals surface area (Å²) in [4.78, 5) is 28.9. The minimum absolute atomic E-state index is 0.00210. The summed E-state index contributed by atoms with van der Waals surface area (Å²) in [7, 11) is 0. The Morgan fingerprint density at radius 2 is 2.13 bits per heavy atom. The normalized spacial score (nSPS) is 13.9. The Kier molecular flexibility index (Phi) is 3.23. The van der Waals surface area contributed by atoms with E-state index in [9.17, 15) is 14.9 Å². The number of nitrogens with zero attached hydrogens (tertiary/aromatic N) is 3. The van der Waals surface area contributed by atoms with Crippen LogP contribution in [0.4, 0.5) is 5.69 Å². The van der Waals surface area contributed by atoms with Crippen LogP contribution in [0, 0.1) is 10.1 Å². The average Bonchev–Trinajstić information content (AvgIpc) is 3.10. The largest absolute Gasteiger partial charge is 0.296 e. The predicted molar refractivity (Wildman–Crippen MR) is 87.2 cm³/mol. The molecule has 0 atom stereocenters. The second kappa shape index (κ2) is 5.27. The number of aryl methyl sites for hydroxylation is 2. The number of nitro groups is 1. The van der Waals surface area contributed by atoms with Crippen LogP contribution in [0.25, 0.3) is 16.2 Å². The Morgan fingerprint density at radius 1 is 1.30 bits per heavy atom. The van der Waals surface area contributed by atoms with Crippen LogP contribution in [0.15, 0.2) is 24.3 Å². The van der Waals surface area contributed by atoms with Gasteiger partial charge in [-0.25, -0.2) is 4.98 Å². The molecule has 0 bridgehead atoms. The van der Waals surface area contributed by atoms with Gasteiger partial charge in [0.1, 0.15) is 11.4 Å². The molecule has 2 heterocycles. The molecule has 7 heteroatoms. The third-order valence-electron chi connectivity index (χ3n) is 4.20. The lowest BCUT2D eigenvalue weighted by molar-refractivity contribution is -0.384. The van der Waals surface area contributed by atoms with Crippen LogP contribution in [-0.4, -0.2) is 20.6 Å². The number of aromatic nitrogens is 2. The van der Waals surface area contributed by atoms with Gasteiger partial charge in [0.15, 0.2) is 11.2 Å². The molecule has 0 N–H and O–H groups in total. The lowest BCUT2D eigenvalue weighted by atomic mass is 10.0. The third-order valence-corrected chi connectivity index (χ3v) is 5.34. The maximum Gasteiger partial charge on any atom is 0.270 e. The molecule has 6 nitrogen and oxygen atoms in total. The van der Waals surface area contributed by atoms with E-state index in [1.54, 1.807) is 23.5 Å². The number of imidazole rings is 1. The van der Waals surface area contributed by atoms with Crippen molar-refractivity contribution in [3.8, 4) is 11.3 Å². The predicted octanol–water partition coefficient (Wildman–Crippen LogP) is 3.66. The molecule has 23 heavy (non-hydrogen) atoms. The maximum absolute atomic E-state index is 11.7. The van der Waals surface area contributed by atoms with Crippen LogP contribution in [0.5, 0.6) is 0 Å². The van der Waals surface area contributed by atoms with E-state index in [0.717, 1.165) is 30.5 Å². The van der Waals surface area contributed by atoms with Gasteiger partial charge in [-0.15, -0.1) is 11.3 Å². The van der Waals surface area contributed by atoms with Gasteiger partial charge in [-0.05, 0) is 25.7 Å². The molecule has 2 aromatic heterocycles. The van der Waals surface area contributed by atoms with Gasteiger partial charge in [0.05, 0.1) is 4.92 Å². The van der Waals surface area contributed by atoms with Gasteiger partial charge in [0.2, 0.25) is 0 Å². The zero-order chi connectivity index (χ0) is 16.0. The zero-order valence-electron chi connectivity index (χ0n) is 12.2. The van der Waals surface area contributed by atoms with Crippen molar-refractivity contribution < 1.29 is 9.72 Å². The van der Waals surface area contributed by atoms with Crippen molar-refractivity contribution in [3.63, 3.8) is 0 Å². The van der Waals surface area contributed by atoms with Crippen molar-refractivity contribution >= 4 is 28.3 Å². The summed E-state index contributed by atoms with van der Waals surface area (Å²) in [6.07, 6.45) is 5.07. The molecule has 0 spiro atoms. The SMILES string of the molecule is O=Cc1c(-c2cccc([N+](=O)[O-])c2)nc2sc3c(n12)CCCC3. The molecule has 0 unspecified atom stereocenters. The summed E-state index contributed by atoms with van der Waals surface area (Å²) in [6.45, 7) is 0. The first-order valence-corrected chi connectivity index (χ1v) is 8.23. The summed E-state index contributed by atoms with van der Waals surface area (Å²) in [5, 5.41) is 11.0. The minimum atomic E-state index is -0.440. The molecule has 4 rings (SSSR count). The number of carbonyl (C=O) groups excluding carboxylic acids is 1. The quantitative estimate of drug-likeness (QED) is 0.418. The van der Waals surface area contributed by atoms with Crippen molar-refractivity contribution in [2.45, 2.75) is 25.7 Å². The monoisotopic (exact) mass is 327 g/mol. The van der Waals surface area contributed by atoms with E-state index < -0.39 is 4.92 Å². The molecule has 3 aromatic rings. The number of hydrogen-bond acceptors (Lipinski definition) is 5. The number of thiazole rings is 1. The van der Waals surface area contributed by atoms with Crippen molar-refractivity contribution in [2.24, 2.45) is 0 Å². The topological polar surface area (TPSA) is 77.5 Å². The second-order valence-corrected chi connectivity index (χ2v) is 6.63. The van der Waals surface area contributed by atoms with E-state index in [0.29, 0.717) is 17.0 Å². The first kappa shape index (κ1) is 14.1. The zero-order valence-corrected chi connectivity index (χ0v) is 13.0. The molecule has 1 aliphatic rings. The molecule has 0 saturated heterocycles. The first-order chi connectivity index (χ1) is 11.2. The van der Waals surface area contributed by atoms with Crippen LogP contribution < -0.4 is 0 Å². The first-order valence-electron chi connectivity index (χ1n) is 7.42. The van der Waals surface area contributed by atoms with E-state index in [1.165, 1.54) is 29.1 Å². The Balaban J connectivity index is 1.94. The van der Waals surface area contributed by atoms with Gasteiger partial charge >= 0.3 is 0 Å². The lowest BCUT2D eigenvalue weighted by Crippen LogP contribution is -2.05. The summed E-state index contributed by atoms with van der Waals surface area (Å²) >= 11 is 1.61. The standard InChI is InChI=1S/C16H13N3O3S/c20-9-13-15(10-4-3-5-11(8-10)19(21)22)17-16-18(13)12-6-1-2-7-14(12)23-16/h3-5,8-9H,1-2,6-7H2. The molecule has 1 aliphatic carbocycles. The van der Waals surface area contributed by atoms with Gasteiger partial charge < -0.3 is 0 Å². The number of benzene rings is 1. The van der Waals surface area contributed by atoms with Crippen LogP contribution >= 0.6 is 11.3 Å². The maximum atomic E-state index is 11.7. The summed E-state index contributed by atoms with van der Waals surface area (Å²) < 4.78 is 1.93. The summed E-state index contributed by atoms with van der Waals surface area (Å²) in [5.74, 6) is 0. The Bertz CT molecular complexity index is 942. The van der Waals surface area contributed by atoms with Gasteiger partial charge in [-0.2, -0.15) is 0 Å². The molecular formula is C16H13N3O3S. The molecule has 1 aromatic carbocycles. The minimum Gasteiger partial charge on any atom is -0.296 e. The number of hydrogen-bond donors (Lipinski definition) is 0. The van der Waals surface area contributed by atoms with Crippen LogP contribution in [0.1, 0.15) is 33.9 Å². The Hall–Kier alpha value is -2.54. The molecular weight excluding hydrogens is 314 g/mol. The van der Waals surface area contributed by atoms with Crippen LogP contribution in [-0.2, 0) is 12.8 Å². The number of non-ortho nitro benzene ring substituents is 1. The highest BCUT2D eigenvalue weighted by molar-refractivity contribution is 7.17. The van der Waals surface area contributed by atoms with Crippen LogP contribution in [0.3, 0.4) is 0 Å². The van der Waals surface area contributed by atoms with Crippen molar-refractivity contribution in [1.29, 1.82) is 0 Å². The van der Waals surface area contributed by atoms with E-state index >= 15 is 0 Å². The molecule has 0 amide bonds. The van der Waals surface area contributed by atoms with E-state index in [2.05, 4.69) is 4.98 Å².